The summed E-state index contributed by atoms with van der Waals surface area (Å²) in [5.41, 5.74) is 0. The lowest BCUT2D eigenvalue weighted by atomic mass is 10.3. The molecule has 0 spiro atoms. The van der Waals surface area contributed by atoms with Gasteiger partial charge in [0, 0.05) is 32.7 Å². The molecule has 0 atom stereocenters. The molecule has 4 heteroatoms. The topological polar surface area (TPSA) is 15.3 Å². The van der Waals surface area contributed by atoms with E-state index in [4.69, 9.17) is 0 Å². The second-order valence-corrected chi connectivity index (χ2v) is 2.81. The van der Waals surface area contributed by atoms with Gasteiger partial charge in [-0.15, -0.1) is 0 Å². The van der Waals surface area contributed by atoms with Crippen molar-refractivity contribution in [2.24, 2.45) is 0 Å². The van der Waals surface area contributed by atoms with E-state index in [0.29, 0.717) is 6.54 Å². The van der Waals surface area contributed by atoms with E-state index in [9.17, 15) is 8.78 Å². The fourth-order valence-electron chi connectivity index (χ4n) is 1.21. The van der Waals surface area contributed by atoms with Crippen LogP contribution in [-0.4, -0.2) is 44.0 Å². The highest BCUT2D eigenvalue weighted by molar-refractivity contribution is 4.87. The number of rotatable bonds is 3. The molecule has 1 aliphatic heterocycles. The highest BCUT2D eigenvalue weighted by Gasteiger charge is 2.06. The van der Waals surface area contributed by atoms with Crippen molar-refractivity contribution < 1.29 is 8.78 Å². The molecule has 2 nitrogen and oxygen atoms in total. The van der Waals surface area contributed by atoms with E-state index in [1.165, 1.54) is 6.08 Å². The SMILES string of the molecule is FC(F)/C=C/CN1CCNCC1. The first-order chi connectivity index (χ1) is 5.79. The van der Waals surface area contributed by atoms with E-state index in [-0.39, 0.29) is 0 Å². The molecule has 1 aliphatic rings. The average molecular weight is 176 g/mol. The summed E-state index contributed by atoms with van der Waals surface area (Å²) in [6, 6.07) is 0. The van der Waals surface area contributed by atoms with Gasteiger partial charge in [-0.25, -0.2) is 8.78 Å². The average Bonchev–Trinajstić information content (AvgIpc) is 2.05. The Kier molecular flexibility index (Phi) is 4.18. The van der Waals surface area contributed by atoms with Crippen molar-refractivity contribution in [3.63, 3.8) is 0 Å². The number of halogens is 2. The van der Waals surface area contributed by atoms with Crippen LogP contribution < -0.4 is 5.32 Å². The monoisotopic (exact) mass is 176 g/mol. The molecule has 0 bridgehead atoms. The molecule has 0 saturated carbocycles. The molecule has 70 valence electrons. The number of hydrogen-bond donors (Lipinski definition) is 1. The summed E-state index contributed by atoms with van der Waals surface area (Å²) in [7, 11) is 0. The van der Waals surface area contributed by atoms with Crippen LogP contribution in [0.4, 0.5) is 8.78 Å². The summed E-state index contributed by atoms with van der Waals surface area (Å²) in [6.45, 7) is 4.47. The van der Waals surface area contributed by atoms with E-state index in [1.807, 2.05) is 0 Å². The summed E-state index contributed by atoms with van der Waals surface area (Å²) in [5, 5.41) is 3.20. The van der Waals surface area contributed by atoms with Crippen LogP contribution in [0.2, 0.25) is 0 Å². The molecule has 0 aromatic carbocycles. The quantitative estimate of drug-likeness (QED) is 0.637. The van der Waals surface area contributed by atoms with Crippen molar-refractivity contribution in [2.45, 2.75) is 6.43 Å². The normalized spacial score (nSPS) is 20.9. The van der Waals surface area contributed by atoms with E-state index in [2.05, 4.69) is 10.2 Å². The van der Waals surface area contributed by atoms with Crippen molar-refractivity contribution in [1.82, 2.24) is 10.2 Å². The number of hydrogen-bond acceptors (Lipinski definition) is 2. The molecular weight excluding hydrogens is 162 g/mol. The largest absolute Gasteiger partial charge is 0.314 e. The molecule has 0 radical (unpaired) electrons. The number of piperazine rings is 1. The molecule has 1 heterocycles. The van der Waals surface area contributed by atoms with Gasteiger partial charge < -0.3 is 5.32 Å². The predicted molar refractivity (Wildman–Crippen MR) is 44.5 cm³/mol. The Labute approximate surface area is 71.2 Å². The van der Waals surface area contributed by atoms with Crippen molar-refractivity contribution in [2.75, 3.05) is 32.7 Å². The number of nitrogens with one attached hydrogen (secondary N) is 1. The van der Waals surface area contributed by atoms with Crippen LogP contribution in [0.15, 0.2) is 12.2 Å². The minimum absolute atomic E-state index is 0.645. The second kappa shape index (κ2) is 5.22. The van der Waals surface area contributed by atoms with Gasteiger partial charge in [-0.1, -0.05) is 6.08 Å². The molecule has 0 aliphatic carbocycles. The third kappa shape index (κ3) is 3.78. The summed E-state index contributed by atoms with van der Waals surface area (Å²) in [6.07, 6.45) is 0.172. The van der Waals surface area contributed by atoms with E-state index in [0.717, 1.165) is 32.3 Å². The van der Waals surface area contributed by atoms with Gasteiger partial charge >= 0.3 is 0 Å². The first-order valence-electron chi connectivity index (χ1n) is 4.17. The van der Waals surface area contributed by atoms with Crippen molar-refractivity contribution in [1.29, 1.82) is 0 Å². The van der Waals surface area contributed by atoms with Gasteiger partial charge in [0.2, 0.25) is 0 Å². The fourth-order valence-corrected chi connectivity index (χ4v) is 1.21. The van der Waals surface area contributed by atoms with Gasteiger partial charge in [-0.05, 0) is 6.08 Å². The number of alkyl halides is 2. The van der Waals surface area contributed by atoms with Gasteiger partial charge in [0.1, 0.15) is 0 Å². The molecule has 0 amide bonds. The summed E-state index contributed by atoms with van der Waals surface area (Å²) < 4.78 is 23.3. The third-order valence-corrected chi connectivity index (χ3v) is 1.85. The predicted octanol–water partition coefficient (Wildman–Crippen LogP) is 0.713. The molecular formula is C8H14F2N2. The molecule has 12 heavy (non-hydrogen) atoms. The van der Waals surface area contributed by atoms with E-state index >= 15 is 0 Å². The van der Waals surface area contributed by atoms with Crippen molar-refractivity contribution >= 4 is 0 Å². The maximum Gasteiger partial charge on any atom is 0.257 e. The molecule has 0 unspecified atom stereocenters. The van der Waals surface area contributed by atoms with Gasteiger partial charge in [0.15, 0.2) is 0 Å². The number of allylic oxidation sites excluding steroid dienone is 1. The highest BCUT2D eigenvalue weighted by atomic mass is 19.3. The maximum absolute atomic E-state index is 11.7. The standard InChI is InChI=1S/C8H14F2N2/c9-8(10)2-1-5-12-6-3-11-4-7-12/h1-2,8,11H,3-7H2/b2-1+. The van der Waals surface area contributed by atoms with Crippen LogP contribution in [0.3, 0.4) is 0 Å². The molecule has 1 fully saturated rings. The van der Waals surface area contributed by atoms with E-state index in [1.54, 1.807) is 0 Å². The molecule has 0 aromatic rings. The Bertz CT molecular complexity index is 142. The zero-order valence-electron chi connectivity index (χ0n) is 6.97. The summed E-state index contributed by atoms with van der Waals surface area (Å²) >= 11 is 0. The van der Waals surface area contributed by atoms with Crippen molar-refractivity contribution in [3.05, 3.63) is 12.2 Å². The van der Waals surface area contributed by atoms with Crippen LogP contribution >= 0.6 is 0 Å². The number of nitrogens with zero attached hydrogens (tertiary/aromatic N) is 1. The molecule has 1 rings (SSSR count). The third-order valence-electron chi connectivity index (χ3n) is 1.85. The molecule has 1 N–H and O–H groups in total. The zero-order chi connectivity index (χ0) is 8.81. The first kappa shape index (κ1) is 9.61. The smallest absolute Gasteiger partial charge is 0.257 e. The van der Waals surface area contributed by atoms with Crippen LogP contribution in [0, 0.1) is 0 Å². The summed E-state index contributed by atoms with van der Waals surface area (Å²) in [5.74, 6) is 0. The lowest BCUT2D eigenvalue weighted by Gasteiger charge is -2.25. The minimum Gasteiger partial charge on any atom is -0.314 e. The first-order valence-corrected chi connectivity index (χ1v) is 4.17. The van der Waals surface area contributed by atoms with E-state index < -0.39 is 6.43 Å². The fraction of sp³-hybridized carbons (Fsp3) is 0.750. The van der Waals surface area contributed by atoms with Gasteiger partial charge in [0.25, 0.3) is 6.43 Å². The van der Waals surface area contributed by atoms with Gasteiger partial charge in [-0.2, -0.15) is 0 Å². The Morgan fingerprint density at radius 3 is 2.58 bits per heavy atom. The molecule has 0 aromatic heterocycles. The van der Waals surface area contributed by atoms with Gasteiger partial charge in [-0.3, -0.25) is 4.90 Å². The van der Waals surface area contributed by atoms with Crippen LogP contribution in [-0.2, 0) is 0 Å². The Balaban J connectivity index is 2.12. The Morgan fingerprint density at radius 2 is 2.00 bits per heavy atom. The van der Waals surface area contributed by atoms with Gasteiger partial charge in [0.05, 0.1) is 0 Å². The second-order valence-electron chi connectivity index (χ2n) is 2.81. The lowest BCUT2D eigenvalue weighted by molar-refractivity contribution is 0.202. The van der Waals surface area contributed by atoms with Crippen LogP contribution in [0.25, 0.3) is 0 Å². The van der Waals surface area contributed by atoms with Crippen LogP contribution in [0.1, 0.15) is 0 Å². The Morgan fingerprint density at radius 1 is 1.33 bits per heavy atom. The van der Waals surface area contributed by atoms with Crippen LogP contribution in [0.5, 0.6) is 0 Å². The van der Waals surface area contributed by atoms with Crippen molar-refractivity contribution in [3.8, 4) is 0 Å². The minimum atomic E-state index is -2.31. The summed E-state index contributed by atoms with van der Waals surface area (Å²) in [4.78, 5) is 2.15. The molecule has 1 saturated heterocycles. The maximum atomic E-state index is 11.7. The lowest BCUT2D eigenvalue weighted by Crippen LogP contribution is -2.43. The Hall–Kier alpha value is -0.480. The highest BCUT2D eigenvalue weighted by Crippen LogP contribution is 1.96. The zero-order valence-corrected chi connectivity index (χ0v) is 6.97.